The van der Waals surface area contributed by atoms with Gasteiger partial charge in [0.2, 0.25) is 11.8 Å². The number of hydrogen-bond donors (Lipinski definition) is 1. The van der Waals surface area contributed by atoms with E-state index in [1.54, 1.807) is 13.8 Å². The van der Waals surface area contributed by atoms with Crippen LogP contribution in [0, 0.1) is 5.92 Å². The van der Waals surface area contributed by atoms with Gasteiger partial charge in [-0.3, -0.25) is 4.98 Å². The van der Waals surface area contributed by atoms with Crippen LogP contribution in [-0.4, -0.2) is 20.3 Å². The second kappa shape index (κ2) is 5.71. The molecule has 0 saturated carbocycles. The lowest BCUT2D eigenvalue weighted by molar-refractivity contribution is 0.0736. The lowest BCUT2D eigenvalue weighted by Crippen LogP contribution is -2.18. The molecule has 0 fully saturated rings. The zero-order valence-corrected chi connectivity index (χ0v) is 12.4. The summed E-state index contributed by atoms with van der Waals surface area (Å²) in [5.74, 6) is 1.70. The van der Waals surface area contributed by atoms with Gasteiger partial charge in [-0.15, -0.1) is 10.2 Å². The Morgan fingerprint density at radius 1 is 1.20 bits per heavy atom. The highest BCUT2D eigenvalue weighted by molar-refractivity contribution is 5.17. The number of aliphatic hydroxyl groups is 1. The van der Waals surface area contributed by atoms with E-state index in [1.807, 2.05) is 18.2 Å². The Hall–Kier alpha value is -1.75. The van der Waals surface area contributed by atoms with Gasteiger partial charge in [-0.05, 0) is 31.9 Å². The van der Waals surface area contributed by atoms with Crippen LogP contribution in [0.2, 0.25) is 0 Å². The third-order valence-corrected chi connectivity index (χ3v) is 2.86. The molecule has 0 spiro atoms. The molecule has 0 bridgehead atoms. The molecule has 0 aromatic carbocycles. The van der Waals surface area contributed by atoms with E-state index < -0.39 is 5.60 Å². The van der Waals surface area contributed by atoms with E-state index in [0.717, 1.165) is 12.1 Å². The summed E-state index contributed by atoms with van der Waals surface area (Å²) in [6.07, 6.45) is 1.26. The summed E-state index contributed by atoms with van der Waals surface area (Å²) >= 11 is 0. The van der Waals surface area contributed by atoms with Crippen molar-refractivity contribution in [3.05, 3.63) is 41.4 Å². The van der Waals surface area contributed by atoms with E-state index in [1.165, 1.54) is 0 Å². The van der Waals surface area contributed by atoms with Crippen molar-refractivity contribution in [3.63, 3.8) is 0 Å². The molecule has 0 unspecified atom stereocenters. The first-order valence-electron chi connectivity index (χ1n) is 6.84. The smallest absolute Gasteiger partial charge is 0.222 e. The fourth-order valence-corrected chi connectivity index (χ4v) is 1.87. The van der Waals surface area contributed by atoms with Crippen LogP contribution in [0.3, 0.4) is 0 Å². The standard InChI is InChI=1S/C15H21N3O2/c1-10(2)8-13-17-18-14(20-13)9-11-6-5-7-12(16-11)15(3,4)19/h5-7,10,19H,8-9H2,1-4H3. The van der Waals surface area contributed by atoms with E-state index in [0.29, 0.717) is 29.8 Å². The van der Waals surface area contributed by atoms with Gasteiger partial charge in [0.15, 0.2) is 0 Å². The molecule has 0 amide bonds. The molecule has 0 aliphatic heterocycles. The second-order valence-corrected chi connectivity index (χ2v) is 5.94. The summed E-state index contributed by atoms with van der Waals surface area (Å²) in [6.45, 7) is 7.65. The molecule has 5 heteroatoms. The maximum atomic E-state index is 9.97. The Balaban J connectivity index is 2.12. The summed E-state index contributed by atoms with van der Waals surface area (Å²) in [5.41, 5.74) is 0.495. The molecule has 1 N–H and O–H groups in total. The molecule has 20 heavy (non-hydrogen) atoms. The fourth-order valence-electron chi connectivity index (χ4n) is 1.87. The van der Waals surface area contributed by atoms with Crippen molar-refractivity contribution >= 4 is 0 Å². The molecular weight excluding hydrogens is 254 g/mol. The third kappa shape index (κ3) is 3.87. The average molecular weight is 275 g/mol. The molecule has 2 heterocycles. The summed E-state index contributed by atoms with van der Waals surface area (Å²) in [4.78, 5) is 4.43. The lowest BCUT2D eigenvalue weighted by atomic mass is 10.0. The number of hydrogen-bond acceptors (Lipinski definition) is 5. The Labute approximate surface area is 119 Å². The maximum Gasteiger partial charge on any atom is 0.222 e. The van der Waals surface area contributed by atoms with Crippen LogP contribution < -0.4 is 0 Å². The van der Waals surface area contributed by atoms with Crippen LogP contribution in [0.5, 0.6) is 0 Å². The Morgan fingerprint density at radius 2 is 1.90 bits per heavy atom. The van der Waals surface area contributed by atoms with Gasteiger partial charge in [0.05, 0.1) is 17.8 Å². The van der Waals surface area contributed by atoms with Gasteiger partial charge >= 0.3 is 0 Å². The minimum absolute atomic E-state index is 0.481. The van der Waals surface area contributed by atoms with Crippen molar-refractivity contribution in [2.75, 3.05) is 0 Å². The molecule has 5 nitrogen and oxygen atoms in total. The number of pyridine rings is 1. The summed E-state index contributed by atoms with van der Waals surface area (Å²) in [5, 5.41) is 18.0. The van der Waals surface area contributed by atoms with E-state index in [4.69, 9.17) is 4.42 Å². The lowest BCUT2D eigenvalue weighted by Gasteiger charge is -2.16. The minimum Gasteiger partial charge on any atom is -0.425 e. The highest BCUT2D eigenvalue weighted by atomic mass is 16.4. The van der Waals surface area contributed by atoms with E-state index in [-0.39, 0.29) is 0 Å². The van der Waals surface area contributed by atoms with Gasteiger partial charge in [0, 0.05) is 6.42 Å². The van der Waals surface area contributed by atoms with Gasteiger partial charge < -0.3 is 9.52 Å². The summed E-state index contributed by atoms with van der Waals surface area (Å²) in [7, 11) is 0. The van der Waals surface area contributed by atoms with E-state index in [2.05, 4.69) is 29.0 Å². The topological polar surface area (TPSA) is 72.0 Å². The van der Waals surface area contributed by atoms with Crippen LogP contribution in [-0.2, 0) is 18.4 Å². The zero-order chi connectivity index (χ0) is 14.8. The van der Waals surface area contributed by atoms with E-state index in [9.17, 15) is 5.11 Å². The third-order valence-electron chi connectivity index (χ3n) is 2.86. The number of rotatable bonds is 5. The molecule has 2 rings (SSSR count). The van der Waals surface area contributed by atoms with Gasteiger partial charge in [-0.25, -0.2) is 0 Å². The first-order valence-corrected chi connectivity index (χ1v) is 6.84. The Kier molecular flexibility index (Phi) is 4.18. The van der Waals surface area contributed by atoms with E-state index >= 15 is 0 Å². The molecule has 0 radical (unpaired) electrons. The van der Waals surface area contributed by atoms with Crippen molar-refractivity contribution < 1.29 is 9.52 Å². The highest BCUT2D eigenvalue weighted by Crippen LogP contribution is 2.18. The second-order valence-electron chi connectivity index (χ2n) is 5.94. The molecular formula is C15H21N3O2. The van der Waals surface area contributed by atoms with Crippen molar-refractivity contribution in [2.24, 2.45) is 5.92 Å². The zero-order valence-electron chi connectivity index (χ0n) is 12.4. The monoisotopic (exact) mass is 275 g/mol. The van der Waals surface area contributed by atoms with Crippen LogP contribution in [0.25, 0.3) is 0 Å². The summed E-state index contributed by atoms with van der Waals surface area (Å²) in [6, 6.07) is 5.57. The van der Waals surface area contributed by atoms with Gasteiger partial charge in [0.25, 0.3) is 0 Å². The van der Waals surface area contributed by atoms with Crippen molar-refractivity contribution in [2.45, 2.75) is 46.1 Å². The van der Waals surface area contributed by atoms with Crippen LogP contribution in [0.1, 0.15) is 50.9 Å². The molecule has 0 atom stereocenters. The maximum absolute atomic E-state index is 9.97. The predicted octanol–water partition coefficient (Wildman–Crippen LogP) is 2.48. The largest absolute Gasteiger partial charge is 0.425 e. The normalized spacial score (nSPS) is 12.1. The molecule has 2 aromatic heterocycles. The summed E-state index contributed by atoms with van der Waals surface area (Å²) < 4.78 is 5.60. The average Bonchev–Trinajstić information content (AvgIpc) is 2.75. The fraction of sp³-hybridized carbons (Fsp3) is 0.533. The number of aromatic nitrogens is 3. The van der Waals surface area contributed by atoms with Crippen molar-refractivity contribution in [1.29, 1.82) is 0 Å². The number of nitrogens with zero attached hydrogens (tertiary/aromatic N) is 3. The van der Waals surface area contributed by atoms with Crippen LogP contribution in [0.15, 0.2) is 22.6 Å². The highest BCUT2D eigenvalue weighted by Gasteiger charge is 2.18. The SMILES string of the molecule is CC(C)Cc1nnc(Cc2cccc(C(C)(C)O)n2)o1. The predicted molar refractivity (Wildman–Crippen MR) is 75.1 cm³/mol. The molecule has 2 aromatic rings. The van der Waals surface area contributed by atoms with Crippen LogP contribution >= 0.6 is 0 Å². The molecule has 0 aliphatic rings. The molecule has 108 valence electrons. The molecule has 0 saturated heterocycles. The van der Waals surface area contributed by atoms with Gasteiger partial charge in [-0.1, -0.05) is 19.9 Å². The van der Waals surface area contributed by atoms with Crippen molar-refractivity contribution in [1.82, 2.24) is 15.2 Å². The van der Waals surface area contributed by atoms with Gasteiger partial charge in [-0.2, -0.15) is 0 Å². The Bertz CT molecular complexity index is 570. The Morgan fingerprint density at radius 3 is 2.55 bits per heavy atom. The van der Waals surface area contributed by atoms with Crippen molar-refractivity contribution in [3.8, 4) is 0 Å². The van der Waals surface area contributed by atoms with Gasteiger partial charge in [0.1, 0.15) is 5.60 Å². The quantitative estimate of drug-likeness (QED) is 0.907. The first-order chi connectivity index (χ1) is 9.34. The first kappa shape index (κ1) is 14.7. The molecule has 0 aliphatic carbocycles. The van der Waals surface area contributed by atoms with Crippen LogP contribution in [0.4, 0.5) is 0 Å². The minimum atomic E-state index is -0.951.